The summed E-state index contributed by atoms with van der Waals surface area (Å²) in [6, 6.07) is 24.3. The van der Waals surface area contributed by atoms with Crippen molar-refractivity contribution >= 4 is 44.5 Å². The van der Waals surface area contributed by atoms with Gasteiger partial charge in [0.05, 0.1) is 26.4 Å². The first kappa shape index (κ1) is 17.6. The molecule has 138 valence electrons. The van der Waals surface area contributed by atoms with E-state index in [4.69, 9.17) is 5.10 Å². The lowest BCUT2D eigenvalue weighted by Crippen LogP contribution is -1.93. The second-order valence-corrected chi connectivity index (χ2v) is 8.33. The van der Waals surface area contributed by atoms with E-state index in [2.05, 4.69) is 11.1 Å². The van der Waals surface area contributed by atoms with Gasteiger partial charge in [0.1, 0.15) is 16.8 Å². The molecule has 0 atom stereocenters. The van der Waals surface area contributed by atoms with Crippen molar-refractivity contribution in [2.75, 3.05) is 0 Å². The van der Waals surface area contributed by atoms with Crippen LogP contribution in [-0.2, 0) is 0 Å². The van der Waals surface area contributed by atoms with Crippen LogP contribution in [0.2, 0.25) is 0 Å². The van der Waals surface area contributed by atoms with Crippen LogP contribution in [0.15, 0.2) is 78.3 Å². The molecule has 0 radical (unpaired) electrons. The van der Waals surface area contributed by atoms with Crippen LogP contribution < -0.4 is 0 Å². The van der Waals surface area contributed by atoms with Gasteiger partial charge >= 0.3 is 0 Å². The normalized spacial score (nSPS) is 11.6. The van der Waals surface area contributed by atoms with Crippen molar-refractivity contribution in [3.8, 4) is 22.3 Å². The quantitative estimate of drug-likeness (QED) is 0.328. The van der Waals surface area contributed by atoms with Gasteiger partial charge in [0, 0.05) is 11.8 Å². The van der Waals surface area contributed by atoms with Crippen LogP contribution in [0.5, 0.6) is 0 Å². The van der Waals surface area contributed by atoms with Gasteiger partial charge in [0.25, 0.3) is 0 Å². The highest BCUT2D eigenvalue weighted by molar-refractivity contribution is 7.19. The van der Waals surface area contributed by atoms with Crippen molar-refractivity contribution in [1.29, 1.82) is 5.26 Å². The number of hydrogen-bond acceptors (Lipinski definition) is 5. The summed E-state index contributed by atoms with van der Waals surface area (Å²) in [5.74, 6) is 0. The molecular weight excluding hydrogens is 396 g/mol. The molecular formula is C23H14N4S2. The molecule has 0 saturated heterocycles. The van der Waals surface area contributed by atoms with Gasteiger partial charge in [0.2, 0.25) is 0 Å². The van der Waals surface area contributed by atoms with Crippen LogP contribution >= 0.6 is 22.7 Å². The van der Waals surface area contributed by atoms with Gasteiger partial charge < -0.3 is 0 Å². The third-order valence-electron chi connectivity index (χ3n) is 4.46. The number of thiophene rings is 1. The number of para-hydroxylation sites is 2. The average molecular weight is 411 g/mol. The Morgan fingerprint density at radius 3 is 2.59 bits per heavy atom. The maximum Gasteiger partial charge on any atom is 0.135 e. The number of benzene rings is 2. The van der Waals surface area contributed by atoms with E-state index in [9.17, 15) is 5.26 Å². The lowest BCUT2D eigenvalue weighted by Gasteiger charge is -1.99. The van der Waals surface area contributed by atoms with E-state index >= 15 is 0 Å². The van der Waals surface area contributed by atoms with E-state index in [0.717, 1.165) is 37.0 Å². The number of rotatable bonds is 4. The van der Waals surface area contributed by atoms with Crippen LogP contribution in [0.4, 0.5) is 0 Å². The molecule has 0 unspecified atom stereocenters. The molecule has 5 aromatic rings. The fourth-order valence-corrected chi connectivity index (χ4v) is 4.76. The van der Waals surface area contributed by atoms with Gasteiger partial charge in [-0.25, -0.2) is 9.67 Å². The minimum Gasteiger partial charge on any atom is -0.240 e. The third-order valence-corrected chi connectivity index (χ3v) is 6.41. The monoisotopic (exact) mass is 410 g/mol. The molecule has 0 aliphatic carbocycles. The lowest BCUT2D eigenvalue weighted by molar-refractivity contribution is 0.885. The largest absolute Gasteiger partial charge is 0.240 e. The number of allylic oxidation sites excluding steroid dienone is 1. The minimum absolute atomic E-state index is 0.539. The predicted octanol–water partition coefficient (Wildman–Crippen LogP) is 6.27. The third kappa shape index (κ3) is 3.38. The molecule has 0 bridgehead atoms. The van der Waals surface area contributed by atoms with E-state index in [1.54, 1.807) is 11.3 Å². The number of fused-ring (bicyclic) bond motifs is 1. The topological polar surface area (TPSA) is 54.5 Å². The van der Waals surface area contributed by atoms with Crippen LogP contribution in [0.1, 0.15) is 10.6 Å². The smallest absolute Gasteiger partial charge is 0.135 e. The van der Waals surface area contributed by atoms with Crippen molar-refractivity contribution in [3.63, 3.8) is 0 Å². The van der Waals surface area contributed by atoms with Crippen LogP contribution in [-0.4, -0.2) is 14.8 Å². The summed E-state index contributed by atoms with van der Waals surface area (Å²) in [6.07, 6.45) is 3.86. The number of aromatic nitrogens is 3. The first-order valence-electron chi connectivity index (χ1n) is 8.98. The first-order valence-corrected chi connectivity index (χ1v) is 10.7. The van der Waals surface area contributed by atoms with Crippen LogP contribution in [0, 0.1) is 11.3 Å². The fourth-order valence-electron chi connectivity index (χ4n) is 3.10. The zero-order valence-electron chi connectivity index (χ0n) is 15.2. The number of thiazole rings is 1. The Morgan fingerprint density at radius 2 is 1.83 bits per heavy atom. The average Bonchev–Trinajstić information content (AvgIpc) is 3.51. The molecule has 0 fully saturated rings. The van der Waals surface area contributed by atoms with E-state index < -0.39 is 0 Å². The Bertz CT molecular complexity index is 1320. The maximum atomic E-state index is 9.83. The zero-order chi connectivity index (χ0) is 19.6. The molecule has 0 aliphatic rings. The number of nitriles is 1. The standard InChI is InChI=1S/C23H14N4S2/c24-14-16(23-25-19-9-4-5-10-20(19)29-23)13-17-15-27(18-7-2-1-3-8-18)26-22(17)21-11-6-12-28-21/h1-13,15H/b16-13-. The van der Waals surface area contributed by atoms with Gasteiger partial charge in [-0.1, -0.05) is 36.4 Å². The molecule has 6 heteroatoms. The lowest BCUT2D eigenvalue weighted by atomic mass is 10.1. The van der Waals surface area contributed by atoms with Crippen LogP contribution in [0.25, 0.3) is 38.1 Å². The van der Waals surface area contributed by atoms with E-state index in [1.807, 2.05) is 89.1 Å². The Hall–Kier alpha value is -3.53. The summed E-state index contributed by atoms with van der Waals surface area (Å²) in [6.45, 7) is 0. The second kappa shape index (κ2) is 7.47. The fraction of sp³-hybridized carbons (Fsp3) is 0. The van der Waals surface area contributed by atoms with Gasteiger partial charge in [0.15, 0.2) is 0 Å². The molecule has 3 heterocycles. The summed E-state index contributed by atoms with van der Waals surface area (Å²) in [5.41, 5.74) is 4.18. The summed E-state index contributed by atoms with van der Waals surface area (Å²) >= 11 is 3.16. The molecule has 0 amide bonds. The molecule has 0 saturated carbocycles. The molecule has 29 heavy (non-hydrogen) atoms. The highest BCUT2D eigenvalue weighted by Crippen LogP contribution is 2.32. The van der Waals surface area contributed by atoms with E-state index in [0.29, 0.717) is 5.57 Å². The van der Waals surface area contributed by atoms with E-state index in [-0.39, 0.29) is 0 Å². The Morgan fingerprint density at radius 1 is 1.00 bits per heavy atom. The molecule has 4 nitrogen and oxygen atoms in total. The van der Waals surface area contributed by atoms with Crippen molar-refractivity contribution in [2.45, 2.75) is 0 Å². The molecule has 5 rings (SSSR count). The molecule has 0 N–H and O–H groups in total. The highest BCUT2D eigenvalue weighted by Gasteiger charge is 2.15. The van der Waals surface area contributed by atoms with Crippen molar-refractivity contribution < 1.29 is 0 Å². The molecule has 2 aromatic carbocycles. The predicted molar refractivity (Wildman–Crippen MR) is 120 cm³/mol. The second-order valence-electron chi connectivity index (χ2n) is 6.35. The Balaban J connectivity index is 1.65. The summed E-state index contributed by atoms with van der Waals surface area (Å²) in [7, 11) is 0. The number of nitrogens with zero attached hydrogens (tertiary/aromatic N) is 4. The summed E-state index contributed by atoms with van der Waals surface area (Å²) in [5, 5.41) is 17.4. The van der Waals surface area contributed by atoms with Gasteiger partial charge in [-0.05, 0) is 41.8 Å². The van der Waals surface area contributed by atoms with Crippen molar-refractivity contribution in [3.05, 3.63) is 88.9 Å². The minimum atomic E-state index is 0.539. The molecule has 0 spiro atoms. The molecule has 3 aromatic heterocycles. The van der Waals surface area contributed by atoms with Gasteiger partial charge in [-0.15, -0.1) is 22.7 Å². The highest BCUT2D eigenvalue weighted by atomic mass is 32.1. The summed E-state index contributed by atoms with van der Waals surface area (Å²) in [4.78, 5) is 5.70. The van der Waals surface area contributed by atoms with Gasteiger partial charge in [-0.2, -0.15) is 10.4 Å². The molecule has 0 aliphatic heterocycles. The van der Waals surface area contributed by atoms with Crippen LogP contribution in [0.3, 0.4) is 0 Å². The van der Waals surface area contributed by atoms with Crippen molar-refractivity contribution in [2.24, 2.45) is 0 Å². The SMILES string of the molecule is N#C/C(=C/c1cn(-c2ccccc2)nc1-c1cccs1)c1nc2ccccc2s1. The number of hydrogen-bond donors (Lipinski definition) is 0. The maximum absolute atomic E-state index is 9.83. The summed E-state index contributed by atoms with van der Waals surface area (Å²) < 4.78 is 2.93. The zero-order valence-corrected chi connectivity index (χ0v) is 16.8. The van der Waals surface area contributed by atoms with E-state index in [1.165, 1.54) is 11.3 Å². The van der Waals surface area contributed by atoms with Gasteiger partial charge in [-0.3, -0.25) is 0 Å². The Kier molecular flexibility index (Phi) is 4.53. The first-order chi connectivity index (χ1) is 14.3. The van der Waals surface area contributed by atoms with Crippen molar-refractivity contribution in [1.82, 2.24) is 14.8 Å². The Labute approximate surface area is 175 Å².